The molecule has 8 heteroatoms. The summed E-state index contributed by atoms with van der Waals surface area (Å²) in [7, 11) is 3.40. The van der Waals surface area contributed by atoms with Gasteiger partial charge in [-0.05, 0) is 36.4 Å². The third-order valence-corrected chi connectivity index (χ3v) is 5.53. The van der Waals surface area contributed by atoms with Crippen molar-refractivity contribution in [3.63, 3.8) is 0 Å². The van der Waals surface area contributed by atoms with Crippen LogP contribution in [0, 0.1) is 0 Å². The van der Waals surface area contributed by atoms with E-state index >= 15 is 0 Å². The fourth-order valence-corrected chi connectivity index (χ4v) is 3.92. The molecule has 2 aromatic carbocycles. The van der Waals surface area contributed by atoms with Crippen LogP contribution in [-0.4, -0.2) is 40.1 Å². The van der Waals surface area contributed by atoms with Gasteiger partial charge in [-0.1, -0.05) is 17.3 Å². The fourth-order valence-electron chi connectivity index (χ4n) is 2.90. The van der Waals surface area contributed by atoms with Crippen LogP contribution in [0.5, 0.6) is 5.75 Å². The molecule has 0 aliphatic heterocycles. The number of aromatic nitrogens is 3. The van der Waals surface area contributed by atoms with Crippen molar-refractivity contribution in [3.8, 4) is 17.1 Å². The first kappa shape index (κ1) is 19.1. The monoisotopic (exact) mass is 408 g/mol. The predicted octanol–water partition coefficient (Wildman–Crippen LogP) is 3.95. The second-order valence-corrected chi connectivity index (χ2v) is 7.68. The summed E-state index contributed by atoms with van der Waals surface area (Å²) in [5.41, 5.74) is 1.80. The van der Waals surface area contributed by atoms with E-state index in [2.05, 4.69) is 15.1 Å². The van der Waals surface area contributed by atoms with E-state index in [1.54, 1.807) is 30.4 Å². The van der Waals surface area contributed by atoms with E-state index in [-0.39, 0.29) is 5.91 Å². The first-order chi connectivity index (χ1) is 14.1. The summed E-state index contributed by atoms with van der Waals surface area (Å²) in [4.78, 5) is 23.1. The van der Waals surface area contributed by atoms with Gasteiger partial charge in [-0.2, -0.15) is 4.98 Å². The average molecular weight is 408 g/mol. The normalized spacial score (nSPS) is 11.0. The Morgan fingerprint density at radius 1 is 1.14 bits per heavy atom. The van der Waals surface area contributed by atoms with Gasteiger partial charge < -0.3 is 14.2 Å². The molecule has 0 atom stereocenters. The third-order valence-electron chi connectivity index (χ3n) is 4.51. The molecule has 29 heavy (non-hydrogen) atoms. The first-order valence-corrected chi connectivity index (χ1v) is 9.99. The smallest absolute Gasteiger partial charge is 0.227 e. The van der Waals surface area contributed by atoms with E-state index in [4.69, 9.17) is 9.26 Å². The molecule has 148 valence electrons. The molecule has 0 aliphatic carbocycles. The molecule has 4 rings (SSSR count). The van der Waals surface area contributed by atoms with Crippen molar-refractivity contribution in [1.82, 2.24) is 20.0 Å². The van der Waals surface area contributed by atoms with Crippen molar-refractivity contribution < 1.29 is 14.1 Å². The SMILES string of the molecule is COc1ccc(-c2noc(CCC(=O)N(C)Cc3nc4ccccc4s3)n2)cc1. The van der Waals surface area contributed by atoms with Crippen molar-refractivity contribution >= 4 is 27.5 Å². The maximum absolute atomic E-state index is 12.5. The lowest BCUT2D eigenvalue weighted by Crippen LogP contribution is -2.26. The molecule has 0 saturated carbocycles. The zero-order chi connectivity index (χ0) is 20.2. The number of rotatable bonds is 7. The number of hydrogen-bond acceptors (Lipinski definition) is 7. The third kappa shape index (κ3) is 4.43. The first-order valence-electron chi connectivity index (χ1n) is 9.18. The molecule has 4 aromatic rings. The van der Waals surface area contributed by atoms with E-state index in [9.17, 15) is 4.79 Å². The van der Waals surface area contributed by atoms with Gasteiger partial charge in [-0.3, -0.25) is 4.79 Å². The molecule has 0 radical (unpaired) electrons. The number of ether oxygens (including phenoxy) is 1. The summed E-state index contributed by atoms with van der Waals surface area (Å²) >= 11 is 1.61. The van der Waals surface area contributed by atoms with Crippen LogP contribution in [0.4, 0.5) is 0 Å². The highest BCUT2D eigenvalue weighted by Crippen LogP contribution is 2.23. The van der Waals surface area contributed by atoms with Gasteiger partial charge in [0.25, 0.3) is 0 Å². The molecular weight excluding hydrogens is 388 g/mol. The van der Waals surface area contributed by atoms with Gasteiger partial charge in [0.05, 0.1) is 23.9 Å². The summed E-state index contributed by atoms with van der Waals surface area (Å²) in [6.45, 7) is 0.485. The fraction of sp³-hybridized carbons (Fsp3) is 0.238. The Morgan fingerprint density at radius 3 is 2.69 bits per heavy atom. The standard InChI is InChI=1S/C21H20N4O3S/c1-25(13-19-22-16-5-3-4-6-17(16)29-19)20(26)12-11-18-23-21(24-28-18)14-7-9-15(27-2)10-8-14/h3-10H,11-13H2,1-2H3. The van der Waals surface area contributed by atoms with Crippen molar-refractivity contribution in [2.75, 3.05) is 14.2 Å². The second-order valence-electron chi connectivity index (χ2n) is 6.57. The number of carbonyl (C=O) groups is 1. The summed E-state index contributed by atoms with van der Waals surface area (Å²) in [6.07, 6.45) is 0.692. The van der Waals surface area contributed by atoms with Crippen LogP contribution in [0.15, 0.2) is 53.1 Å². The van der Waals surface area contributed by atoms with Crippen LogP contribution >= 0.6 is 11.3 Å². The largest absolute Gasteiger partial charge is 0.497 e. The number of fused-ring (bicyclic) bond motifs is 1. The highest BCUT2D eigenvalue weighted by atomic mass is 32.1. The molecule has 0 unspecified atom stereocenters. The van der Waals surface area contributed by atoms with Crippen LogP contribution in [0.2, 0.25) is 0 Å². The molecule has 0 spiro atoms. The Labute approximate surface area is 171 Å². The van der Waals surface area contributed by atoms with E-state index in [0.29, 0.717) is 31.1 Å². The Kier molecular flexibility index (Phi) is 5.53. The van der Waals surface area contributed by atoms with Crippen molar-refractivity contribution in [2.24, 2.45) is 0 Å². The highest BCUT2D eigenvalue weighted by Gasteiger charge is 2.15. The van der Waals surface area contributed by atoms with Crippen molar-refractivity contribution in [2.45, 2.75) is 19.4 Å². The number of hydrogen-bond donors (Lipinski definition) is 0. The van der Waals surface area contributed by atoms with Crippen LogP contribution in [0.1, 0.15) is 17.3 Å². The lowest BCUT2D eigenvalue weighted by Gasteiger charge is -2.14. The summed E-state index contributed by atoms with van der Waals surface area (Å²) in [5.74, 6) is 1.71. The van der Waals surface area contributed by atoms with Crippen LogP contribution < -0.4 is 4.74 Å². The Hall–Kier alpha value is -3.26. The highest BCUT2D eigenvalue weighted by molar-refractivity contribution is 7.18. The van der Waals surface area contributed by atoms with E-state index < -0.39 is 0 Å². The van der Waals surface area contributed by atoms with Crippen molar-refractivity contribution in [3.05, 3.63) is 59.4 Å². The summed E-state index contributed by atoms with van der Waals surface area (Å²) in [5, 5.41) is 4.91. The van der Waals surface area contributed by atoms with Gasteiger partial charge in [0.2, 0.25) is 17.6 Å². The van der Waals surface area contributed by atoms with Crippen LogP contribution in [-0.2, 0) is 17.8 Å². The molecular formula is C21H20N4O3S. The maximum Gasteiger partial charge on any atom is 0.227 e. The van der Waals surface area contributed by atoms with Gasteiger partial charge in [0, 0.05) is 25.5 Å². The molecule has 2 aromatic heterocycles. The minimum atomic E-state index is 0.00783. The number of benzene rings is 2. The molecule has 0 saturated heterocycles. The number of para-hydroxylation sites is 1. The minimum Gasteiger partial charge on any atom is -0.497 e. The Balaban J connectivity index is 1.33. The number of nitrogens with zero attached hydrogens (tertiary/aromatic N) is 4. The topological polar surface area (TPSA) is 81.4 Å². The van der Waals surface area contributed by atoms with Crippen LogP contribution in [0.25, 0.3) is 21.6 Å². The van der Waals surface area contributed by atoms with Gasteiger partial charge in [0.1, 0.15) is 10.8 Å². The molecule has 2 heterocycles. The summed E-state index contributed by atoms with van der Waals surface area (Å²) < 4.78 is 11.6. The van der Waals surface area contributed by atoms with Crippen LogP contribution in [0.3, 0.4) is 0 Å². The van der Waals surface area contributed by atoms with E-state index in [1.165, 1.54) is 0 Å². The Bertz CT molecular complexity index is 1090. The molecule has 0 aliphatic rings. The molecule has 1 amide bonds. The minimum absolute atomic E-state index is 0.00783. The number of amides is 1. The van der Waals surface area contributed by atoms with Gasteiger partial charge >= 0.3 is 0 Å². The molecule has 7 nitrogen and oxygen atoms in total. The molecule has 0 N–H and O–H groups in total. The second kappa shape index (κ2) is 8.40. The molecule has 0 fully saturated rings. The zero-order valence-corrected chi connectivity index (χ0v) is 17.0. The van der Waals surface area contributed by atoms with Gasteiger partial charge in [0.15, 0.2) is 0 Å². The lowest BCUT2D eigenvalue weighted by molar-refractivity contribution is -0.130. The number of methoxy groups -OCH3 is 1. The maximum atomic E-state index is 12.5. The average Bonchev–Trinajstić information content (AvgIpc) is 3.38. The van der Waals surface area contributed by atoms with Gasteiger partial charge in [-0.15, -0.1) is 11.3 Å². The Morgan fingerprint density at radius 2 is 1.93 bits per heavy atom. The summed E-state index contributed by atoms with van der Waals surface area (Å²) in [6, 6.07) is 15.4. The molecule has 0 bridgehead atoms. The number of aryl methyl sites for hydroxylation is 1. The predicted molar refractivity (Wildman–Crippen MR) is 111 cm³/mol. The zero-order valence-electron chi connectivity index (χ0n) is 16.2. The quantitative estimate of drug-likeness (QED) is 0.461. The lowest BCUT2D eigenvalue weighted by atomic mass is 10.2. The number of carbonyl (C=O) groups excluding carboxylic acids is 1. The van der Waals surface area contributed by atoms with E-state index in [1.807, 2.05) is 48.5 Å². The van der Waals surface area contributed by atoms with Gasteiger partial charge in [-0.25, -0.2) is 4.98 Å². The van der Waals surface area contributed by atoms with E-state index in [0.717, 1.165) is 26.5 Å². The number of thiazole rings is 1. The van der Waals surface area contributed by atoms with Crippen molar-refractivity contribution in [1.29, 1.82) is 0 Å².